The maximum atomic E-state index is 12.1. The van der Waals surface area contributed by atoms with Crippen LogP contribution in [0.15, 0.2) is 36.4 Å². The van der Waals surface area contributed by atoms with E-state index in [0.717, 1.165) is 11.1 Å². The van der Waals surface area contributed by atoms with Crippen molar-refractivity contribution in [3.05, 3.63) is 58.1 Å². The summed E-state index contributed by atoms with van der Waals surface area (Å²) in [5.74, 6) is 1.20. The quantitative estimate of drug-likeness (QED) is 0.751. The molecule has 0 aliphatic heterocycles. The molecule has 1 N–H and O–H groups in total. The van der Waals surface area contributed by atoms with Gasteiger partial charge in [-0.15, -0.1) is 0 Å². The van der Waals surface area contributed by atoms with Gasteiger partial charge in [-0.25, -0.2) is 0 Å². The van der Waals surface area contributed by atoms with Gasteiger partial charge in [-0.05, 0) is 68.7 Å². The number of nitrogens with one attached hydrogen (secondary N) is 1. The molecule has 0 bridgehead atoms. The second kappa shape index (κ2) is 8.77. The first-order valence-electron chi connectivity index (χ1n) is 8.27. The third-order valence-electron chi connectivity index (χ3n) is 3.97. The summed E-state index contributed by atoms with van der Waals surface area (Å²) in [5.41, 5.74) is 3.33. The molecule has 0 aliphatic rings. The SMILES string of the molecule is Cc1ccc(O[C@H](C)C(=O)NCCOc2ccc(C)c(Cl)c2)cc1C. The highest BCUT2D eigenvalue weighted by atomic mass is 35.5. The third-order valence-corrected chi connectivity index (χ3v) is 4.38. The average molecular weight is 362 g/mol. The molecular weight excluding hydrogens is 338 g/mol. The van der Waals surface area contributed by atoms with Crippen molar-refractivity contribution in [2.75, 3.05) is 13.2 Å². The molecule has 1 atom stereocenters. The molecule has 0 unspecified atom stereocenters. The fraction of sp³-hybridized carbons (Fsp3) is 0.350. The fourth-order valence-corrected chi connectivity index (χ4v) is 2.37. The molecule has 5 heteroatoms. The zero-order valence-corrected chi connectivity index (χ0v) is 15.8. The second-order valence-corrected chi connectivity index (χ2v) is 6.46. The summed E-state index contributed by atoms with van der Waals surface area (Å²) in [6.45, 7) is 8.47. The Bertz CT molecular complexity index is 746. The van der Waals surface area contributed by atoms with Gasteiger partial charge in [0.05, 0.1) is 6.54 Å². The Morgan fingerprint density at radius 1 is 1.04 bits per heavy atom. The van der Waals surface area contributed by atoms with E-state index in [2.05, 4.69) is 5.32 Å². The van der Waals surface area contributed by atoms with Crippen LogP contribution in [-0.4, -0.2) is 25.2 Å². The Labute approximate surface area is 154 Å². The van der Waals surface area contributed by atoms with Crippen molar-refractivity contribution in [1.29, 1.82) is 0 Å². The van der Waals surface area contributed by atoms with E-state index in [4.69, 9.17) is 21.1 Å². The van der Waals surface area contributed by atoms with Crippen molar-refractivity contribution in [2.24, 2.45) is 0 Å². The Kier molecular flexibility index (Phi) is 6.71. The number of rotatable bonds is 7. The summed E-state index contributed by atoms with van der Waals surface area (Å²) in [6.07, 6.45) is -0.573. The predicted molar refractivity (Wildman–Crippen MR) is 101 cm³/mol. The lowest BCUT2D eigenvalue weighted by Crippen LogP contribution is -2.38. The Balaban J connectivity index is 1.75. The minimum absolute atomic E-state index is 0.177. The maximum Gasteiger partial charge on any atom is 0.260 e. The number of hydrogen-bond acceptors (Lipinski definition) is 3. The standard InChI is InChI=1S/C20H24ClNO3/c1-13-5-8-18(11-15(13)3)25-16(4)20(23)22-9-10-24-17-7-6-14(2)19(21)12-17/h5-8,11-12,16H,9-10H2,1-4H3,(H,22,23)/t16-/m1/s1. The van der Waals surface area contributed by atoms with Crippen molar-refractivity contribution in [2.45, 2.75) is 33.8 Å². The average Bonchev–Trinajstić information content (AvgIpc) is 2.58. The molecule has 0 radical (unpaired) electrons. The largest absolute Gasteiger partial charge is 0.492 e. The summed E-state index contributed by atoms with van der Waals surface area (Å²) >= 11 is 6.05. The molecule has 0 saturated heterocycles. The highest BCUT2D eigenvalue weighted by molar-refractivity contribution is 6.31. The maximum absolute atomic E-state index is 12.1. The topological polar surface area (TPSA) is 47.6 Å². The van der Waals surface area contributed by atoms with Gasteiger partial charge >= 0.3 is 0 Å². The molecule has 2 rings (SSSR count). The Hall–Kier alpha value is -2.20. The lowest BCUT2D eigenvalue weighted by molar-refractivity contribution is -0.127. The van der Waals surface area contributed by atoms with Crippen LogP contribution in [0.1, 0.15) is 23.6 Å². The van der Waals surface area contributed by atoms with Crippen LogP contribution in [0.5, 0.6) is 11.5 Å². The smallest absolute Gasteiger partial charge is 0.260 e. The van der Waals surface area contributed by atoms with Gasteiger partial charge < -0.3 is 14.8 Å². The van der Waals surface area contributed by atoms with Gasteiger partial charge in [0.1, 0.15) is 18.1 Å². The van der Waals surface area contributed by atoms with E-state index in [1.54, 1.807) is 13.0 Å². The number of ether oxygens (including phenoxy) is 2. The van der Waals surface area contributed by atoms with E-state index >= 15 is 0 Å². The Morgan fingerprint density at radius 2 is 1.72 bits per heavy atom. The zero-order chi connectivity index (χ0) is 18.4. The van der Waals surface area contributed by atoms with E-state index in [0.29, 0.717) is 29.7 Å². The summed E-state index contributed by atoms with van der Waals surface area (Å²) in [5, 5.41) is 3.47. The number of carbonyl (C=O) groups excluding carboxylic acids is 1. The zero-order valence-electron chi connectivity index (χ0n) is 15.1. The van der Waals surface area contributed by atoms with Gasteiger partial charge in [-0.2, -0.15) is 0 Å². The molecule has 0 aliphatic carbocycles. The first kappa shape index (κ1) is 19.1. The van der Waals surface area contributed by atoms with Gasteiger partial charge in [0.2, 0.25) is 0 Å². The van der Waals surface area contributed by atoms with Gasteiger partial charge in [-0.3, -0.25) is 4.79 Å². The van der Waals surface area contributed by atoms with E-state index < -0.39 is 6.10 Å². The highest BCUT2D eigenvalue weighted by Gasteiger charge is 2.14. The Morgan fingerprint density at radius 3 is 2.40 bits per heavy atom. The first-order valence-corrected chi connectivity index (χ1v) is 8.65. The molecular formula is C20H24ClNO3. The summed E-state index contributed by atoms with van der Waals surface area (Å²) in [4.78, 5) is 12.1. The third kappa shape index (κ3) is 5.68. The molecule has 0 spiro atoms. The lowest BCUT2D eigenvalue weighted by Gasteiger charge is -2.16. The highest BCUT2D eigenvalue weighted by Crippen LogP contribution is 2.21. The van der Waals surface area contributed by atoms with Crippen molar-refractivity contribution in [3.8, 4) is 11.5 Å². The molecule has 4 nitrogen and oxygen atoms in total. The molecule has 0 saturated carbocycles. The van der Waals surface area contributed by atoms with Gasteiger partial charge in [0.15, 0.2) is 6.10 Å². The summed E-state index contributed by atoms with van der Waals surface area (Å²) in [7, 11) is 0. The van der Waals surface area contributed by atoms with Crippen LogP contribution in [0.25, 0.3) is 0 Å². The molecule has 2 aromatic carbocycles. The fourth-order valence-electron chi connectivity index (χ4n) is 2.20. The van der Waals surface area contributed by atoms with Crippen molar-refractivity contribution in [1.82, 2.24) is 5.32 Å². The number of amides is 1. The molecule has 0 aromatic heterocycles. The van der Waals surface area contributed by atoms with Crippen molar-refractivity contribution >= 4 is 17.5 Å². The molecule has 134 valence electrons. The number of halogens is 1. The normalized spacial score (nSPS) is 11.7. The molecule has 0 heterocycles. The minimum atomic E-state index is -0.573. The molecule has 0 fully saturated rings. The van der Waals surface area contributed by atoms with E-state index in [-0.39, 0.29) is 5.91 Å². The van der Waals surface area contributed by atoms with Crippen LogP contribution in [-0.2, 0) is 4.79 Å². The first-order chi connectivity index (χ1) is 11.9. The second-order valence-electron chi connectivity index (χ2n) is 6.06. The predicted octanol–water partition coefficient (Wildman–Crippen LogP) is 4.23. The molecule has 1 amide bonds. The summed E-state index contributed by atoms with van der Waals surface area (Å²) < 4.78 is 11.3. The number of benzene rings is 2. The van der Waals surface area contributed by atoms with Crippen molar-refractivity contribution < 1.29 is 14.3 Å². The van der Waals surface area contributed by atoms with Crippen molar-refractivity contribution in [3.63, 3.8) is 0 Å². The van der Waals surface area contributed by atoms with Crippen LogP contribution in [0, 0.1) is 20.8 Å². The van der Waals surface area contributed by atoms with E-state index in [1.165, 1.54) is 5.56 Å². The van der Waals surface area contributed by atoms with Crippen LogP contribution in [0.3, 0.4) is 0 Å². The molecule has 2 aromatic rings. The van der Waals surface area contributed by atoms with Gasteiger partial charge in [0, 0.05) is 5.02 Å². The monoisotopic (exact) mass is 361 g/mol. The van der Waals surface area contributed by atoms with E-state index in [9.17, 15) is 4.79 Å². The van der Waals surface area contributed by atoms with Crippen LogP contribution in [0.2, 0.25) is 5.02 Å². The number of hydrogen-bond donors (Lipinski definition) is 1. The number of aryl methyl sites for hydroxylation is 3. The lowest BCUT2D eigenvalue weighted by atomic mass is 10.1. The molecule has 25 heavy (non-hydrogen) atoms. The van der Waals surface area contributed by atoms with Crippen LogP contribution >= 0.6 is 11.6 Å². The van der Waals surface area contributed by atoms with Gasteiger partial charge in [0.25, 0.3) is 5.91 Å². The number of carbonyl (C=O) groups is 1. The van der Waals surface area contributed by atoms with Gasteiger partial charge in [-0.1, -0.05) is 23.7 Å². The van der Waals surface area contributed by atoms with Crippen LogP contribution in [0.4, 0.5) is 0 Å². The minimum Gasteiger partial charge on any atom is -0.492 e. The van der Waals surface area contributed by atoms with E-state index in [1.807, 2.05) is 51.1 Å². The summed E-state index contributed by atoms with van der Waals surface area (Å²) in [6, 6.07) is 11.3. The van der Waals surface area contributed by atoms with Crippen LogP contribution < -0.4 is 14.8 Å².